The quantitative estimate of drug-likeness (QED) is 0.324. The van der Waals surface area contributed by atoms with Gasteiger partial charge in [-0.2, -0.15) is 0 Å². The molecule has 0 aliphatic carbocycles. The highest BCUT2D eigenvalue weighted by molar-refractivity contribution is 7.13. The second-order valence-corrected chi connectivity index (χ2v) is 8.97. The van der Waals surface area contributed by atoms with Gasteiger partial charge in [0.1, 0.15) is 10.7 Å². The first-order valence-electron chi connectivity index (χ1n) is 11.0. The van der Waals surface area contributed by atoms with Crippen LogP contribution in [0, 0.1) is 6.92 Å². The number of para-hydroxylation sites is 1. The van der Waals surface area contributed by atoms with Crippen LogP contribution in [0.25, 0.3) is 0 Å². The largest absolute Gasteiger partial charge is 0.462 e. The maximum absolute atomic E-state index is 13.2. The van der Waals surface area contributed by atoms with Gasteiger partial charge in [-0.15, -0.1) is 11.3 Å². The lowest BCUT2D eigenvalue weighted by Gasteiger charge is -2.18. The Morgan fingerprint density at radius 1 is 1.08 bits per heavy atom. The van der Waals surface area contributed by atoms with Gasteiger partial charge in [0.25, 0.3) is 17.7 Å². The Kier molecular flexibility index (Phi) is 7.47. The Labute approximate surface area is 215 Å². The minimum absolute atomic E-state index is 0.0733. The van der Waals surface area contributed by atoms with E-state index in [0.717, 1.165) is 10.6 Å². The zero-order chi connectivity index (χ0) is 25.8. The summed E-state index contributed by atoms with van der Waals surface area (Å²) in [5.74, 6) is -2.47. The van der Waals surface area contributed by atoms with E-state index < -0.39 is 17.8 Å². The predicted octanol–water partition coefficient (Wildman–Crippen LogP) is 4.71. The number of nitrogens with one attached hydrogen (secondary N) is 2. The molecule has 3 amide bonds. The van der Waals surface area contributed by atoms with E-state index in [9.17, 15) is 19.2 Å². The number of rotatable bonds is 8. The summed E-state index contributed by atoms with van der Waals surface area (Å²) in [6.45, 7) is 3.90. The number of hydrogen-bond acceptors (Lipinski definition) is 8. The molecule has 0 atom stereocenters. The van der Waals surface area contributed by atoms with E-state index in [2.05, 4.69) is 15.6 Å². The van der Waals surface area contributed by atoms with Crippen molar-refractivity contribution in [1.29, 1.82) is 0 Å². The van der Waals surface area contributed by atoms with Crippen molar-refractivity contribution in [3.8, 4) is 0 Å². The predicted molar refractivity (Wildman–Crippen MR) is 137 cm³/mol. The van der Waals surface area contributed by atoms with Crippen molar-refractivity contribution in [2.45, 2.75) is 20.3 Å². The molecule has 2 heterocycles. The van der Waals surface area contributed by atoms with Crippen LogP contribution in [0.2, 0.25) is 0 Å². The van der Waals surface area contributed by atoms with E-state index in [1.807, 2.05) is 19.2 Å². The highest BCUT2D eigenvalue weighted by atomic mass is 35.5. The number of esters is 1. The summed E-state index contributed by atoms with van der Waals surface area (Å²) >= 11 is 7.55. The average Bonchev–Trinajstić information content (AvgIpc) is 3.38. The highest BCUT2D eigenvalue weighted by Crippen LogP contribution is 2.32. The lowest BCUT2D eigenvalue weighted by molar-refractivity contribution is -0.120. The van der Waals surface area contributed by atoms with Crippen molar-refractivity contribution in [1.82, 2.24) is 4.98 Å². The Hall–Kier alpha value is -4.02. The molecular formula is C25H21ClN4O5S. The summed E-state index contributed by atoms with van der Waals surface area (Å²) in [5.41, 5.74) is 1.63. The fourth-order valence-corrected chi connectivity index (χ4v) is 4.27. The summed E-state index contributed by atoms with van der Waals surface area (Å²) in [5, 5.41) is 7.57. The maximum Gasteiger partial charge on any atom is 0.340 e. The minimum atomic E-state index is -0.769. The van der Waals surface area contributed by atoms with Gasteiger partial charge in [0.2, 0.25) is 0 Å². The van der Waals surface area contributed by atoms with Crippen LogP contribution in [-0.2, 0) is 14.3 Å². The smallest absolute Gasteiger partial charge is 0.340 e. The Morgan fingerprint density at radius 3 is 2.47 bits per heavy atom. The average molecular weight is 525 g/mol. The molecule has 0 fully saturated rings. The minimum Gasteiger partial charge on any atom is -0.462 e. The lowest BCUT2D eigenvalue weighted by atomic mass is 10.1. The van der Waals surface area contributed by atoms with E-state index >= 15 is 0 Å². The normalized spacial score (nSPS) is 13.2. The maximum atomic E-state index is 13.2. The molecule has 1 aromatic heterocycles. The number of benzene rings is 2. The van der Waals surface area contributed by atoms with Gasteiger partial charge in [0.05, 0.1) is 23.6 Å². The molecule has 184 valence electrons. The first-order valence-corrected chi connectivity index (χ1v) is 12.2. The van der Waals surface area contributed by atoms with Crippen LogP contribution in [-0.4, -0.2) is 35.3 Å². The first-order chi connectivity index (χ1) is 17.3. The van der Waals surface area contributed by atoms with Gasteiger partial charge >= 0.3 is 5.97 Å². The van der Waals surface area contributed by atoms with Crippen LogP contribution in [0.3, 0.4) is 0 Å². The number of carbonyl (C=O) groups is 4. The van der Waals surface area contributed by atoms with Crippen molar-refractivity contribution >= 4 is 63.1 Å². The monoisotopic (exact) mass is 524 g/mol. The molecule has 2 N–H and O–H groups in total. The molecule has 1 aliphatic heterocycles. The third kappa shape index (κ3) is 5.14. The van der Waals surface area contributed by atoms with Crippen LogP contribution in [0.4, 0.5) is 16.5 Å². The van der Waals surface area contributed by atoms with Gasteiger partial charge in [0.15, 0.2) is 5.13 Å². The molecule has 2 aromatic carbocycles. The third-order valence-electron chi connectivity index (χ3n) is 5.09. The summed E-state index contributed by atoms with van der Waals surface area (Å²) in [6.07, 6.45) is 0.627. The number of nitrogens with zero attached hydrogens (tertiary/aromatic N) is 2. The van der Waals surface area contributed by atoms with Gasteiger partial charge in [-0.1, -0.05) is 30.7 Å². The van der Waals surface area contributed by atoms with Crippen molar-refractivity contribution in [3.05, 3.63) is 81.5 Å². The van der Waals surface area contributed by atoms with Gasteiger partial charge in [-0.25, -0.2) is 14.7 Å². The van der Waals surface area contributed by atoms with E-state index in [-0.39, 0.29) is 34.5 Å². The summed E-state index contributed by atoms with van der Waals surface area (Å²) in [6, 6.07) is 12.4. The number of hydrogen-bond donors (Lipinski definition) is 2. The Morgan fingerprint density at radius 2 is 1.81 bits per heavy atom. The summed E-state index contributed by atoms with van der Waals surface area (Å²) in [7, 11) is 0. The van der Waals surface area contributed by atoms with Gasteiger partial charge in [-0.3, -0.25) is 19.7 Å². The van der Waals surface area contributed by atoms with E-state index in [4.69, 9.17) is 16.3 Å². The fourth-order valence-electron chi connectivity index (χ4n) is 3.37. The first kappa shape index (κ1) is 25.1. The number of aryl methyl sites for hydroxylation is 1. The molecule has 0 bridgehead atoms. The third-order valence-corrected chi connectivity index (χ3v) is 6.31. The van der Waals surface area contributed by atoms with Crippen LogP contribution in [0.5, 0.6) is 0 Å². The molecule has 0 radical (unpaired) electrons. The zero-order valence-electron chi connectivity index (χ0n) is 19.3. The van der Waals surface area contributed by atoms with E-state index in [1.54, 1.807) is 36.4 Å². The van der Waals surface area contributed by atoms with Gasteiger partial charge in [-0.05, 0) is 49.7 Å². The fraction of sp³-hybridized carbons (Fsp3) is 0.160. The number of thiazole rings is 1. The standard InChI is InChI=1S/C25H21ClN4O5S/c1-3-12-35-24(34)17-6-4-5-7-18(17)30-22(32)19(26)20(23(30)33)28-16-10-8-15(9-11-16)21(31)29-25-27-14(2)13-36-25/h4-11,13,28H,3,12H2,1-2H3,(H,27,29,31). The zero-order valence-corrected chi connectivity index (χ0v) is 20.9. The molecule has 11 heteroatoms. The number of imide groups is 1. The topological polar surface area (TPSA) is 118 Å². The Balaban J connectivity index is 1.51. The number of carbonyl (C=O) groups excluding carboxylic acids is 4. The van der Waals surface area contributed by atoms with Gasteiger partial charge < -0.3 is 10.1 Å². The number of ether oxygens (including phenoxy) is 1. The SMILES string of the molecule is CCCOC(=O)c1ccccc1N1C(=O)C(Cl)=C(Nc2ccc(C(=O)Nc3nc(C)cs3)cc2)C1=O. The number of aromatic nitrogens is 1. The summed E-state index contributed by atoms with van der Waals surface area (Å²) < 4.78 is 5.18. The molecular weight excluding hydrogens is 504 g/mol. The second-order valence-electron chi connectivity index (χ2n) is 7.74. The molecule has 0 saturated carbocycles. The molecule has 0 unspecified atom stereocenters. The molecule has 36 heavy (non-hydrogen) atoms. The Bertz CT molecular complexity index is 1380. The van der Waals surface area contributed by atoms with Crippen LogP contribution in [0.1, 0.15) is 39.8 Å². The molecule has 0 saturated heterocycles. The number of halogens is 1. The molecule has 3 aromatic rings. The summed E-state index contributed by atoms with van der Waals surface area (Å²) in [4.78, 5) is 56.0. The molecule has 0 spiro atoms. The van der Waals surface area contributed by atoms with E-state index in [0.29, 0.717) is 22.8 Å². The lowest BCUT2D eigenvalue weighted by Crippen LogP contribution is -2.33. The number of amides is 3. The van der Waals surface area contributed by atoms with E-state index in [1.165, 1.54) is 23.5 Å². The van der Waals surface area contributed by atoms with Crippen molar-refractivity contribution in [3.63, 3.8) is 0 Å². The second kappa shape index (κ2) is 10.7. The number of anilines is 3. The van der Waals surface area contributed by atoms with Crippen LogP contribution < -0.4 is 15.5 Å². The van der Waals surface area contributed by atoms with Gasteiger partial charge in [0, 0.05) is 16.6 Å². The highest BCUT2D eigenvalue weighted by Gasteiger charge is 2.40. The van der Waals surface area contributed by atoms with Crippen molar-refractivity contribution in [2.75, 3.05) is 22.1 Å². The molecule has 4 rings (SSSR count). The van der Waals surface area contributed by atoms with Crippen LogP contribution >= 0.6 is 22.9 Å². The van der Waals surface area contributed by atoms with Crippen LogP contribution in [0.15, 0.2) is 64.6 Å². The van der Waals surface area contributed by atoms with Crippen molar-refractivity contribution < 1.29 is 23.9 Å². The molecule has 1 aliphatic rings. The molecule has 9 nitrogen and oxygen atoms in total. The van der Waals surface area contributed by atoms with Crippen molar-refractivity contribution in [2.24, 2.45) is 0 Å².